The largest absolute Gasteiger partial charge is 0.467 e. The molecular formula is C12H16N2O4S. The lowest BCUT2D eigenvalue weighted by Crippen LogP contribution is -2.45. The number of nitrogens with one attached hydrogen (secondary N) is 2. The second-order valence-electron chi connectivity index (χ2n) is 3.59. The molecule has 19 heavy (non-hydrogen) atoms. The van der Waals surface area contributed by atoms with Crippen LogP contribution in [-0.4, -0.2) is 43.1 Å². The summed E-state index contributed by atoms with van der Waals surface area (Å²) in [5.74, 6) is -0.699. The van der Waals surface area contributed by atoms with E-state index < -0.39 is 24.6 Å². The van der Waals surface area contributed by atoms with Crippen LogP contribution in [0.5, 0.6) is 0 Å². The van der Waals surface area contributed by atoms with Gasteiger partial charge in [-0.25, -0.2) is 9.59 Å². The van der Waals surface area contributed by atoms with Gasteiger partial charge < -0.3 is 20.5 Å². The Bertz CT molecular complexity index is 453. The van der Waals surface area contributed by atoms with Gasteiger partial charge in [0, 0.05) is 10.6 Å². The Morgan fingerprint density at radius 2 is 2.21 bits per heavy atom. The van der Waals surface area contributed by atoms with E-state index in [1.165, 1.54) is 7.11 Å². The van der Waals surface area contributed by atoms with Crippen LogP contribution in [0.1, 0.15) is 0 Å². The predicted octanol–water partition coefficient (Wildman–Crippen LogP) is 1.06. The molecule has 0 fully saturated rings. The van der Waals surface area contributed by atoms with E-state index in [-0.39, 0.29) is 0 Å². The maximum atomic E-state index is 11.7. The van der Waals surface area contributed by atoms with Crippen LogP contribution in [-0.2, 0) is 9.53 Å². The van der Waals surface area contributed by atoms with Gasteiger partial charge in [-0.1, -0.05) is 6.07 Å². The zero-order valence-electron chi connectivity index (χ0n) is 10.7. The topological polar surface area (TPSA) is 87.7 Å². The number of amides is 2. The average Bonchev–Trinajstić information content (AvgIpc) is 2.44. The minimum atomic E-state index is -1.08. The number of methoxy groups -OCH3 is 1. The van der Waals surface area contributed by atoms with Gasteiger partial charge in [0.1, 0.15) is 0 Å². The van der Waals surface area contributed by atoms with Crippen molar-refractivity contribution in [3.05, 3.63) is 24.3 Å². The molecule has 0 spiro atoms. The van der Waals surface area contributed by atoms with Crippen LogP contribution in [0, 0.1) is 0 Å². The van der Waals surface area contributed by atoms with Crippen LogP contribution in [0.4, 0.5) is 10.5 Å². The SMILES string of the molecule is COC(=O)C(CO)NC(=O)Nc1cccc(SC)c1. The van der Waals surface area contributed by atoms with E-state index in [1.54, 1.807) is 23.9 Å². The molecule has 1 aromatic rings. The van der Waals surface area contributed by atoms with E-state index >= 15 is 0 Å². The molecule has 1 rings (SSSR count). The Morgan fingerprint density at radius 1 is 1.47 bits per heavy atom. The molecular weight excluding hydrogens is 268 g/mol. The number of rotatable bonds is 5. The van der Waals surface area contributed by atoms with Crippen molar-refractivity contribution in [2.75, 3.05) is 25.3 Å². The van der Waals surface area contributed by atoms with E-state index in [0.29, 0.717) is 5.69 Å². The molecule has 0 bridgehead atoms. The van der Waals surface area contributed by atoms with E-state index in [0.717, 1.165) is 4.90 Å². The van der Waals surface area contributed by atoms with Crippen LogP contribution in [0.15, 0.2) is 29.2 Å². The summed E-state index contributed by atoms with van der Waals surface area (Å²) in [7, 11) is 1.19. The van der Waals surface area contributed by atoms with Gasteiger partial charge >= 0.3 is 12.0 Å². The fraction of sp³-hybridized carbons (Fsp3) is 0.333. The summed E-state index contributed by atoms with van der Waals surface area (Å²) in [6.07, 6.45) is 1.93. The normalized spacial score (nSPS) is 11.5. The molecule has 1 aromatic carbocycles. The van der Waals surface area contributed by atoms with Crippen molar-refractivity contribution in [1.82, 2.24) is 5.32 Å². The summed E-state index contributed by atoms with van der Waals surface area (Å²) in [6.45, 7) is -0.523. The van der Waals surface area contributed by atoms with Crippen molar-refractivity contribution in [2.24, 2.45) is 0 Å². The molecule has 7 heteroatoms. The third-order valence-electron chi connectivity index (χ3n) is 2.30. The molecule has 0 saturated carbocycles. The highest BCUT2D eigenvalue weighted by molar-refractivity contribution is 7.98. The van der Waals surface area contributed by atoms with Crippen molar-refractivity contribution in [1.29, 1.82) is 0 Å². The highest BCUT2D eigenvalue weighted by Crippen LogP contribution is 2.18. The molecule has 0 aromatic heterocycles. The van der Waals surface area contributed by atoms with Gasteiger partial charge in [0.05, 0.1) is 13.7 Å². The van der Waals surface area contributed by atoms with E-state index in [2.05, 4.69) is 15.4 Å². The number of esters is 1. The lowest BCUT2D eigenvalue weighted by Gasteiger charge is -2.14. The number of hydrogen-bond donors (Lipinski definition) is 3. The van der Waals surface area contributed by atoms with Crippen molar-refractivity contribution < 1.29 is 19.4 Å². The van der Waals surface area contributed by atoms with Gasteiger partial charge in [0.25, 0.3) is 0 Å². The Balaban J connectivity index is 2.61. The minimum Gasteiger partial charge on any atom is -0.467 e. The van der Waals surface area contributed by atoms with Crippen LogP contribution in [0.3, 0.4) is 0 Å². The number of carbonyl (C=O) groups is 2. The van der Waals surface area contributed by atoms with Gasteiger partial charge in [-0.3, -0.25) is 0 Å². The smallest absolute Gasteiger partial charge is 0.330 e. The summed E-state index contributed by atoms with van der Waals surface area (Å²) in [5, 5.41) is 13.9. The number of aliphatic hydroxyl groups excluding tert-OH is 1. The molecule has 0 heterocycles. The molecule has 104 valence electrons. The molecule has 6 nitrogen and oxygen atoms in total. The van der Waals surface area contributed by atoms with Crippen LogP contribution in [0.2, 0.25) is 0 Å². The Labute approximate surface area is 115 Å². The van der Waals surface area contributed by atoms with E-state index in [1.807, 2.05) is 18.4 Å². The number of urea groups is 1. The zero-order chi connectivity index (χ0) is 14.3. The van der Waals surface area contributed by atoms with Crippen LogP contribution < -0.4 is 10.6 Å². The summed E-state index contributed by atoms with van der Waals surface area (Å²) in [4.78, 5) is 23.9. The van der Waals surface area contributed by atoms with Crippen molar-refractivity contribution in [3.63, 3.8) is 0 Å². The van der Waals surface area contributed by atoms with Crippen LogP contribution >= 0.6 is 11.8 Å². The first kappa shape index (κ1) is 15.3. The first-order valence-corrected chi connectivity index (χ1v) is 6.73. The minimum absolute atomic E-state index is 0.523. The molecule has 0 radical (unpaired) electrons. The molecule has 2 amide bonds. The highest BCUT2D eigenvalue weighted by Gasteiger charge is 2.20. The second-order valence-corrected chi connectivity index (χ2v) is 4.47. The summed E-state index contributed by atoms with van der Waals surface area (Å²) in [6, 6.07) is 5.60. The number of thioether (sulfide) groups is 1. The van der Waals surface area contributed by atoms with Crippen molar-refractivity contribution >= 4 is 29.4 Å². The fourth-order valence-electron chi connectivity index (χ4n) is 1.35. The molecule has 0 aliphatic carbocycles. The third kappa shape index (κ3) is 4.80. The molecule has 1 atom stereocenters. The molecule has 0 saturated heterocycles. The number of hydrogen-bond acceptors (Lipinski definition) is 5. The molecule has 3 N–H and O–H groups in total. The average molecular weight is 284 g/mol. The predicted molar refractivity (Wildman–Crippen MR) is 73.3 cm³/mol. The van der Waals surface area contributed by atoms with Gasteiger partial charge in [0.2, 0.25) is 0 Å². The quantitative estimate of drug-likeness (QED) is 0.556. The summed E-state index contributed by atoms with van der Waals surface area (Å²) in [5.41, 5.74) is 0.603. The number of carbonyl (C=O) groups excluding carboxylic acids is 2. The zero-order valence-corrected chi connectivity index (χ0v) is 11.5. The maximum Gasteiger partial charge on any atom is 0.330 e. The van der Waals surface area contributed by atoms with Crippen LogP contribution in [0.25, 0.3) is 0 Å². The molecule has 1 unspecified atom stereocenters. The highest BCUT2D eigenvalue weighted by atomic mass is 32.2. The molecule has 0 aliphatic rings. The van der Waals surface area contributed by atoms with Gasteiger partial charge in [-0.15, -0.1) is 11.8 Å². The second kappa shape index (κ2) is 7.65. The Kier molecular flexibility index (Phi) is 6.17. The fourth-order valence-corrected chi connectivity index (χ4v) is 1.81. The van der Waals surface area contributed by atoms with Gasteiger partial charge in [-0.05, 0) is 24.5 Å². The standard InChI is InChI=1S/C12H16N2O4S/c1-18-11(16)10(7-15)14-12(17)13-8-4-3-5-9(6-8)19-2/h3-6,10,15H,7H2,1-2H3,(H2,13,14,17). The van der Waals surface area contributed by atoms with E-state index in [9.17, 15) is 9.59 Å². The maximum absolute atomic E-state index is 11.7. The first-order chi connectivity index (χ1) is 9.10. The summed E-state index contributed by atoms with van der Waals surface area (Å²) < 4.78 is 4.45. The van der Waals surface area contributed by atoms with Gasteiger partial charge in [-0.2, -0.15) is 0 Å². The lowest BCUT2D eigenvalue weighted by molar-refractivity contribution is -0.143. The number of aliphatic hydroxyl groups is 1. The lowest BCUT2D eigenvalue weighted by atomic mass is 10.3. The Hall–Kier alpha value is -1.73. The monoisotopic (exact) mass is 284 g/mol. The van der Waals surface area contributed by atoms with Gasteiger partial charge in [0.15, 0.2) is 6.04 Å². The van der Waals surface area contributed by atoms with Crippen molar-refractivity contribution in [2.45, 2.75) is 10.9 Å². The Morgan fingerprint density at radius 3 is 2.79 bits per heavy atom. The number of ether oxygens (including phenoxy) is 1. The number of anilines is 1. The molecule has 0 aliphatic heterocycles. The number of benzene rings is 1. The summed E-state index contributed by atoms with van der Waals surface area (Å²) >= 11 is 1.55. The van der Waals surface area contributed by atoms with Crippen molar-refractivity contribution in [3.8, 4) is 0 Å². The first-order valence-electron chi connectivity index (χ1n) is 5.51. The van der Waals surface area contributed by atoms with E-state index in [4.69, 9.17) is 5.11 Å². The third-order valence-corrected chi connectivity index (χ3v) is 3.03.